The number of alkyl halides is 1. The molecule has 1 atom stereocenters. The summed E-state index contributed by atoms with van der Waals surface area (Å²) < 4.78 is 0. The predicted octanol–water partition coefficient (Wildman–Crippen LogP) is 4.09. The van der Waals surface area contributed by atoms with Gasteiger partial charge in [0.2, 0.25) is 0 Å². The third-order valence-electron chi connectivity index (χ3n) is 2.85. The maximum Gasteiger partial charge on any atom is 0.0712 e. The fourth-order valence-corrected chi connectivity index (χ4v) is 2.09. The molecule has 90 valence electrons. The molecule has 0 aliphatic carbocycles. The van der Waals surface area contributed by atoms with E-state index in [0.717, 1.165) is 19.6 Å². The first kappa shape index (κ1) is 13.5. The average Bonchev–Trinajstić information content (AvgIpc) is 2.35. The lowest BCUT2D eigenvalue weighted by molar-refractivity contribution is 0.283. The van der Waals surface area contributed by atoms with Gasteiger partial charge in [-0.3, -0.25) is 0 Å². The van der Waals surface area contributed by atoms with Gasteiger partial charge in [-0.2, -0.15) is 0 Å². The lowest BCUT2D eigenvalue weighted by atomic mass is 10.1. The molecule has 0 fully saturated rings. The summed E-state index contributed by atoms with van der Waals surface area (Å²) >= 11 is 6.42. The Hall–Kier alpha value is -0.530. The molecule has 0 aliphatic heterocycles. The minimum Gasteiger partial charge on any atom is -0.302 e. The summed E-state index contributed by atoms with van der Waals surface area (Å²) in [5.74, 6) is 0. The van der Waals surface area contributed by atoms with E-state index in [-0.39, 0.29) is 5.38 Å². The van der Waals surface area contributed by atoms with Crippen molar-refractivity contribution in [2.24, 2.45) is 0 Å². The van der Waals surface area contributed by atoms with E-state index in [9.17, 15) is 0 Å². The minimum absolute atomic E-state index is 0.109. The molecule has 1 unspecified atom stereocenters. The van der Waals surface area contributed by atoms with Crippen LogP contribution in [0.1, 0.15) is 37.6 Å². The Kier molecular flexibility index (Phi) is 6.51. The zero-order valence-electron chi connectivity index (χ0n) is 10.3. The van der Waals surface area contributed by atoms with Crippen LogP contribution in [0.5, 0.6) is 0 Å². The Bertz CT molecular complexity index is 273. The molecule has 0 N–H and O–H groups in total. The van der Waals surface area contributed by atoms with Crippen LogP contribution >= 0.6 is 11.6 Å². The molecule has 1 nitrogen and oxygen atoms in total. The van der Waals surface area contributed by atoms with Gasteiger partial charge in [-0.1, -0.05) is 50.6 Å². The maximum absolute atomic E-state index is 6.42. The highest BCUT2D eigenvalue weighted by molar-refractivity contribution is 6.21. The number of nitrogens with zero attached hydrogens (tertiary/aromatic N) is 1. The SMILES string of the molecule is CCCCN(CC)CC(Cl)c1ccccc1. The van der Waals surface area contributed by atoms with Gasteiger partial charge < -0.3 is 4.90 Å². The largest absolute Gasteiger partial charge is 0.302 e. The van der Waals surface area contributed by atoms with Gasteiger partial charge >= 0.3 is 0 Å². The monoisotopic (exact) mass is 239 g/mol. The fourth-order valence-electron chi connectivity index (χ4n) is 1.75. The molecule has 0 bridgehead atoms. The molecule has 1 rings (SSSR count). The Morgan fingerprint density at radius 3 is 2.44 bits per heavy atom. The minimum atomic E-state index is 0.109. The van der Waals surface area contributed by atoms with E-state index in [2.05, 4.69) is 30.9 Å². The summed E-state index contributed by atoms with van der Waals surface area (Å²) in [6.07, 6.45) is 2.50. The van der Waals surface area contributed by atoms with Crippen molar-refractivity contribution in [2.75, 3.05) is 19.6 Å². The summed E-state index contributed by atoms with van der Waals surface area (Å²) in [6, 6.07) is 10.3. The Balaban J connectivity index is 2.45. The van der Waals surface area contributed by atoms with Gasteiger partial charge in [0.25, 0.3) is 0 Å². The highest BCUT2D eigenvalue weighted by Crippen LogP contribution is 2.21. The fraction of sp³-hybridized carbons (Fsp3) is 0.571. The zero-order chi connectivity index (χ0) is 11.8. The van der Waals surface area contributed by atoms with Crippen molar-refractivity contribution in [1.82, 2.24) is 4.90 Å². The molecule has 16 heavy (non-hydrogen) atoms. The summed E-state index contributed by atoms with van der Waals surface area (Å²) in [4.78, 5) is 2.42. The average molecular weight is 240 g/mol. The molecular formula is C14H22ClN. The van der Waals surface area contributed by atoms with E-state index in [4.69, 9.17) is 11.6 Å². The number of hydrogen-bond donors (Lipinski definition) is 0. The first-order valence-electron chi connectivity index (χ1n) is 6.19. The van der Waals surface area contributed by atoms with Crippen LogP contribution in [-0.4, -0.2) is 24.5 Å². The van der Waals surface area contributed by atoms with Gasteiger partial charge in [-0.15, -0.1) is 11.6 Å². The molecule has 0 heterocycles. The van der Waals surface area contributed by atoms with E-state index >= 15 is 0 Å². The first-order valence-corrected chi connectivity index (χ1v) is 6.63. The molecule has 1 aromatic rings. The highest BCUT2D eigenvalue weighted by atomic mass is 35.5. The van der Waals surface area contributed by atoms with Crippen molar-refractivity contribution in [3.63, 3.8) is 0 Å². The Morgan fingerprint density at radius 2 is 1.88 bits per heavy atom. The molecule has 0 saturated carbocycles. The van der Waals surface area contributed by atoms with Gasteiger partial charge in [0.15, 0.2) is 0 Å². The number of halogens is 1. The second-order valence-corrected chi connectivity index (χ2v) is 4.65. The molecule has 0 aromatic heterocycles. The Labute approximate surface area is 104 Å². The number of unbranched alkanes of at least 4 members (excludes halogenated alkanes) is 1. The van der Waals surface area contributed by atoms with Crippen molar-refractivity contribution in [2.45, 2.75) is 32.1 Å². The van der Waals surface area contributed by atoms with E-state index < -0.39 is 0 Å². The van der Waals surface area contributed by atoms with Gasteiger partial charge in [-0.05, 0) is 25.1 Å². The standard InChI is InChI=1S/C14H22ClN/c1-3-5-11-16(4-2)12-14(15)13-9-7-6-8-10-13/h6-10,14H,3-5,11-12H2,1-2H3. The molecule has 0 saturated heterocycles. The molecule has 2 heteroatoms. The number of benzene rings is 1. The summed E-state index contributed by atoms with van der Waals surface area (Å²) in [6.45, 7) is 7.61. The van der Waals surface area contributed by atoms with Crippen molar-refractivity contribution in [3.05, 3.63) is 35.9 Å². The maximum atomic E-state index is 6.42. The van der Waals surface area contributed by atoms with Crippen molar-refractivity contribution >= 4 is 11.6 Å². The molecule has 1 aromatic carbocycles. The smallest absolute Gasteiger partial charge is 0.0712 e. The van der Waals surface area contributed by atoms with Crippen LogP contribution in [0.15, 0.2) is 30.3 Å². The van der Waals surface area contributed by atoms with Crippen LogP contribution in [0.3, 0.4) is 0 Å². The molecule has 0 spiro atoms. The normalized spacial score (nSPS) is 13.0. The Morgan fingerprint density at radius 1 is 1.19 bits per heavy atom. The quantitative estimate of drug-likeness (QED) is 0.648. The van der Waals surface area contributed by atoms with E-state index in [0.29, 0.717) is 0 Å². The van der Waals surface area contributed by atoms with E-state index in [1.165, 1.54) is 18.4 Å². The van der Waals surface area contributed by atoms with Crippen LogP contribution in [0.4, 0.5) is 0 Å². The predicted molar refractivity (Wildman–Crippen MR) is 72.1 cm³/mol. The van der Waals surface area contributed by atoms with Gasteiger partial charge in [0, 0.05) is 6.54 Å². The summed E-state index contributed by atoms with van der Waals surface area (Å²) in [7, 11) is 0. The molecule has 0 amide bonds. The second kappa shape index (κ2) is 7.70. The van der Waals surface area contributed by atoms with Crippen LogP contribution in [0.25, 0.3) is 0 Å². The van der Waals surface area contributed by atoms with E-state index in [1.54, 1.807) is 0 Å². The number of likely N-dealkylation sites (N-methyl/N-ethyl adjacent to an activating group) is 1. The van der Waals surface area contributed by atoms with Crippen molar-refractivity contribution in [1.29, 1.82) is 0 Å². The molecular weight excluding hydrogens is 218 g/mol. The van der Waals surface area contributed by atoms with Gasteiger partial charge in [0.1, 0.15) is 0 Å². The molecule has 0 aliphatic rings. The highest BCUT2D eigenvalue weighted by Gasteiger charge is 2.11. The van der Waals surface area contributed by atoms with Crippen molar-refractivity contribution in [3.8, 4) is 0 Å². The van der Waals surface area contributed by atoms with Crippen LogP contribution in [0.2, 0.25) is 0 Å². The lowest BCUT2D eigenvalue weighted by Gasteiger charge is -2.23. The number of hydrogen-bond acceptors (Lipinski definition) is 1. The third-order valence-corrected chi connectivity index (χ3v) is 3.24. The van der Waals surface area contributed by atoms with Gasteiger partial charge in [0.05, 0.1) is 5.38 Å². The summed E-state index contributed by atoms with van der Waals surface area (Å²) in [5, 5.41) is 0.109. The zero-order valence-corrected chi connectivity index (χ0v) is 11.1. The van der Waals surface area contributed by atoms with Crippen LogP contribution in [-0.2, 0) is 0 Å². The second-order valence-electron chi connectivity index (χ2n) is 4.13. The third kappa shape index (κ3) is 4.54. The topological polar surface area (TPSA) is 3.24 Å². The molecule has 0 radical (unpaired) electrons. The van der Waals surface area contributed by atoms with Crippen LogP contribution < -0.4 is 0 Å². The first-order chi connectivity index (χ1) is 7.77. The van der Waals surface area contributed by atoms with Crippen LogP contribution in [0, 0.1) is 0 Å². The number of rotatable bonds is 7. The van der Waals surface area contributed by atoms with Gasteiger partial charge in [-0.25, -0.2) is 0 Å². The van der Waals surface area contributed by atoms with E-state index in [1.807, 2.05) is 18.2 Å². The van der Waals surface area contributed by atoms with Crippen molar-refractivity contribution < 1.29 is 0 Å². The lowest BCUT2D eigenvalue weighted by Crippen LogP contribution is -2.28. The summed E-state index contributed by atoms with van der Waals surface area (Å²) in [5.41, 5.74) is 1.22.